The molecule has 0 aliphatic heterocycles. The highest BCUT2D eigenvalue weighted by molar-refractivity contribution is 6.31. The van der Waals surface area contributed by atoms with Crippen molar-refractivity contribution in [2.24, 2.45) is 0 Å². The Morgan fingerprint density at radius 3 is 2.46 bits per heavy atom. The molecule has 13 heavy (non-hydrogen) atoms. The molecule has 0 atom stereocenters. The van der Waals surface area contributed by atoms with Gasteiger partial charge < -0.3 is 4.74 Å². The van der Waals surface area contributed by atoms with Gasteiger partial charge in [-0.2, -0.15) is 13.2 Å². The second kappa shape index (κ2) is 3.41. The molecule has 0 aliphatic rings. The molecule has 0 saturated carbocycles. The number of hydrogen-bond donors (Lipinski definition) is 0. The molecule has 0 unspecified atom stereocenters. The Balaban J connectivity index is 3.14. The van der Waals surface area contributed by atoms with E-state index in [9.17, 15) is 13.2 Å². The predicted molar refractivity (Wildman–Crippen MR) is 40.8 cm³/mol. The number of aromatic nitrogens is 1. The van der Waals surface area contributed by atoms with Crippen LogP contribution in [0.4, 0.5) is 13.2 Å². The van der Waals surface area contributed by atoms with Crippen molar-refractivity contribution in [3.63, 3.8) is 0 Å². The van der Waals surface area contributed by atoms with E-state index >= 15 is 0 Å². The Labute approximate surface area is 77.3 Å². The fourth-order valence-electron chi connectivity index (χ4n) is 0.724. The Bertz CT molecular complexity index is 313. The fourth-order valence-corrected chi connectivity index (χ4v) is 0.907. The molecule has 0 radical (unpaired) electrons. The zero-order valence-corrected chi connectivity index (χ0v) is 7.28. The van der Waals surface area contributed by atoms with Gasteiger partial charge in [0.05, 0.1) is 7.11 Å². The lowest BCUT2D eigenvalue weighted by Gasteiger charge is -2.07. The van der Waals surface area contributed by atoms with Crippen LogP contribution >= 0.6 is 11.6 Å². The lowest BCUT2D eigenvalue weighted by molar-refractivity contribution is -0.141. The molecule has 0 fully saturated rings. The molecule has 1 rings (SSSR count). The van der Waals surface area contributed by atoms with Crippen LogP contribution in [0.3, 0.4) is 0 Å². The van der Waals surface area contributed by atoms with Crippen molar-refractivity contribution in [2.45, 2.75) is 6.18 Å². The van der Waals surface area contributed by atoms with Gasteiger partial charge in [-0.15, -0.1) is 0 Å². The molecule has 1 aromatic heterocycles. The number of halogens is 4. The lowest BCUT2D eigenvalue weighted by Crippen LogP contribution is -2.08. The average molecular weight is 212 g/mol. The second-order valence-electron chi connectivity index (χ2n) is 2.19. The van der Waals surface area contributed by atoms with Gasteiger partial charge in [0.2, 0.25) is 5.88 Å². The van der Waals surface area contributed by atoms with Gasteiger partial charge in [-0.25, -0.2) is 4.98 Å². The number of ether oxygens (including phenoxy) is 1. The second-order valence-corrected chi connectivity index (χ2v) is 2.59. The molecule has 0 aliphatic carbocycles. The molecular weight excluding hydrogens is 207 g/mol. The summed E-state index contributed by atoms with van der Waals surface area (Å²) in [6.45, 7) is 0. The van der Waals surface area contributed by atoms with Gasteiger partial charge in [-0.1, -0.05) is 11.6 Å². The van der Waals surface area contributed by atoms with Gasteiger partial charge in [0.15, 0.2) is 0 Å². The number of methoxy groups -OCH3 is 1. The fraction of sp³-hybridized carbons (Fsp3) is 0.286. The molecule has 0 N–H and O–H groups in total. The van der Waals surface area contributed by atoms with Crippen molar-refractivity contribution >= 4 is 11.6 Å². The molecule has 72 valence electrons. The summed E-state index contributed by atoms with van der Waals surface area (Å²) in [5.74, 6) is -0.225. The minimum Gasteiger partial charge on any atom is -0.480 e. The summed E-state index contributed by atoms with van der Waals surface area (Å²) in [7, 11) is 1.20. The predicted octanol–water partition coefficient (Wildman–Crippen LogP) is 2.76. The monoisotopic (exact) mass is 211 g/mol. The first-order valence-electron chi connectivity index (χ1n) is 3.23. The summed E-state index contributed by atoms with van der Waals surface area (Å²) in [5, 5.41) is 0.0514. The summed E-state index contributed by atoms with van der Waals surface area (Å²) in [5.41, 5.74) is -1.02. The molecule has 0 saturated heterocycles. The van der Waals surface area contributed by atoms with Crippen LogP contribution in [-0.4, -0.2) is 12.1 Å². The van der Waals surface area contributed by atoms with Crippen molar-refractivity contribution in [3.05, 3.63) is 22.8 Å². The quantitative estimate of drug-likeness (QED) is 0.713. The third kappa shape index (κ3) is 2.24. The largest absolute Gasteiger partial charge is 0.480 e. The lowest BCUT2D eigenvalue weighted by atomic mass is 10.3. The van der Waals surface area contributed by atoms with E-state index in [-0.39, 0.29) is 10.9 Å². The Morgan fingerprint density at radius 2 is 2.00 bits per heavy atom. The maximum absolute atomic E-state index is 12.1. The first-order valence-corrected chi connectivity index (χ1v) is 3.60. The summed E-state index contributed by atoms with van der Waals surface area (Å²) < 4.78 is 40.8. The molecule has 1 aromatic rings. The van der Waals surface area contributed by atoms with Gasteiger partial charge >= 0.3 is 6.18 Å². The van der Waals surface area contributed by atoms with E-state index in [0.717, 1.165) is 12.1 Å². The van der Waals surface area contributed by atoms with Gasteiger partial charge in [0, 0.05) is 0 Å². The van der Waals surface area contributed by atoms with Crippen LogP contribution in [0.1, 0.15) is 5.69 Å². The van der Waals surface area contributed by atoms with Gasteiger partial charge in [-0.05, 0) is 12.1 Å². The van der Waals surface area contributed by atoms with E-state index in [4.69, 9.17) is 11.6 Å². The number of nitrogens with zero attached hydrogens (tertiary/aromatic N) is 1. The van der Waals surface area contributed by atoms with Gasteiger partial charge in [0.25, 0.3) is 0 Å². The van der Waals surface area contributed by atoms with E-state index in [1.54, 1.807) is 0 Å². The van der Waals surface area contributed by atoms with Gasteiger partial charge in [0.1, 0.15) is 10.7 Å². The number of hydrogen-bond acceptors (Lipinski definition) is 2. The van der Waals surface area contributed by atoms with Crippen LogP contribution in [0, 0.1) is 0 Å². The Kier molecular flexibility index (Phi) is 2.66. The number of rotatable bonds is 1. The minimum absolute atomic E-state index is 0.0514. The summed E-state index contributed by atoms with van der Waals surface area (Å²) in [4.78, 5) is 3.18. The number of alkyl halides is 3. The molecule has 6 heteroatoms. The van der Waals surface area contributed by atoms with Crippen molar-refractivity contribution in [1.29, 1.82) is 0 Å². The standard InChI is InChI=1S/C7H5ClF3NO/c1-13-6-4(8)2-3-5(12-6)7(9,10)11/h2-3H,1H3. The van der Waals surface area contributed by atoms with E-state index in [2.05, 4.69) is 9.72 Å². The maximum Gasteiger partial charge on any atom is 0.433 e. The number of pyridine rings is 1. The first kappa shape index (κ1) is 10.1. The molecule has 1 heterocycles. The molecule has 0 bridgehead atoms. The molecule has 2 nitrogen and oxygen atoms in total. The Hall–Kier alpha value is -0.970. The van der Waals surface area contributed by atoms with E-state index in [1.807, 2.05) is 0 Å². The average Bonchev–Trinajstić information content (AvgIpc) is 2.03. The molecule has 0 amide bonds. The topological polar surface area (TPSA) is 22.1 Å². The minimum atomic E-state index is -4.47. The smallest absolute Gasteiger partial charge is 0.433 e. The zero-order chi connectivity index (χ0) is 10.1. The van der Waals surface area contributed by atoms with Gasteiger partial charge in [-0.3, -0.25) is 0 Å². The first-order chi connectivity index (χ1) is 5.95. The molecular formula is C7H5ClF3NO. The third-order valence-electron chi connectivity index (χ3n) is 1.30. The van der Waals surface area contributed by atoms with Crippen molar-refractivity contribution < 1.29 is 17.9 Å². The van der Waals surface area contributed by atoms with Crippen LogP contribution in [0.2, 0.25) is 5.02 Å². The van der Waals surface area contributed by atoms with Crippen LogP contribution in [0.15, 0.2) is 12.1 Å². The Morgan fingerprint density at radius 1 is 1.38 bits per heavy atom. The zero-order valence-electron chi connectivity index (χ0n) is 6.52. The summed E-state index contributed by atoms with van der Waals surface area (Å²) in [6, 6.07) is 1.89. The maximum atomic E-state index is 12.1. The molecule has 0 spiro atoms. The van der Waals surface area contributed by atoms with Crippen LogP contribution in [-0.2, 0) is 6.18 Å². The van der Waals surface area contributed by atoms with Crippen LogP contribution in [0.25, 0.3) is 0 Å². The van der Waals surface area contributed by atoms with E-state index in [1.165, 1.54) is 7.11 Å². The summed E-state index contributed by atoms with van der Waals surface area (Å²) >= 11 is 5.49. The summed E-state index contributed by atoms with van der Waals surface area (Å²) in [6.07, 6.45) is -4.47. The van der Waals surface area contributed by atoms with Crippen LogP contribution < -0.4 is 4.74 Å². The molecule has 0 aromatic carbocycles. The SMILES string of the molecule is COc1nc(C(F)(F)F)ccc1Cl. The van der Waals surface area contributed by atoms with Crippen molar-refractivity contribution in [1.82, 2.24) is 4.98 Å². The van der Waals surface area contributed by atoms with Crippen molar-refractivity contribution in [3.8, 4) is 5.88 Å². The van der Waals surface area contributed by atoms with Crippen molar-refractivity contribution in [2.75, 3.05) is 7.11 Å². The third-order valence-corrected chi connectivity index (χ3v) is 1.59. The highest BCUT2D eigenvalue weighted by atomic mass is 35.5. The highest BCUT2D eigenvalue weighted by Crippen LogP contribution is 2.31. The highest BCUT2D eigenvalue weighted by Gasteiger charge is 2.33. The van der Waals surface area contributed by atoms with E-state index < -0.39 is 11.9 Å². The van der Waals surface area contributed by atoms with E-state index in [0.29, 0.717) is 0 Å². The normalized spacial score (nSPS) is 11.5. The van der Waals surface area contributed by atoms with Crippen LogP contribution in [0.5, 0.6) is 5.88 Å².